The van der Waals surface area contributed by atoms with Gasteiger partial charge in [-0.2, -0.15) is 5.10 Å². The summed E-state index contributed by atoms with van der Waals surface area (Å²) < 4.78 is 7.17. The van der Waals surface area contributed by atoms with Crippen LogP contribution < -0.4 is 10.1 Å². The zero-order valence-electron chi connectivity index (χ0n) is 12.7. The Hall–Kier alpha value is -1.81. The Labute approximate surface area is 120 Å². The van der Waals surface area contributed by atoms with Crippen molar-refractivity contribution in [3.05, 3.63) is 47.3 Å². The molecule has 1 aromatic carbocycles. The van der Waals surface area contributed by atoms with Gasteiger partial charge in [0, 0.05) is 13.2 Å². The van der Waals surface area contributed by atoms with Gasteiger partial charge in [-0.05, 0) is 43.1 Å². The van der Waals surface area contributed by atoms with E-state index in [1.165, 1.54) is 5.56 Å². The molecule has 0 saturated heterocycles. The maximum Gasteiger partial charge on any atom is 0.121 e. The largest absolute Gasteiger partial charge is 0.496 e. The van der Waals surface area contributed by atoms with Crippen LogP contribution >= 0.6 is 0 Å². The molecule has 1 aromatic heterocycles. The van der Waals surface area contributed by atoms with Crippen molar-refractivity contribution in [2.45, 2.75) is 26.3 Å². The zero-order chi connectivity index (χ0) is 14.5. The highest BCUT2D eigenvalue weighted by atomic mass is 16.5. The molecule has 1 N–H and O–H groups in total. The van der Waals surface area contributed by atoms with Crippen molar-refractivity contribution in [2.75, 3.05) is 13.7 Å². The Bertz CT molecular complexity index is 563. The molecule has 20 heavy (non-hydrogen) atoms. The first-order chi connectivity index (χ1) is 9.65. The molecule has 1 unspecified atom stereocenters. The molecule has 0 aliphatic carbocycles. The topological polar surface area (TPSA) is 39.1 Å². The molecule has 2 aromatic rings. The van der Waals surface area contributed by atoms with Crippen LogP contribution in [0.1, 0.15) is 36.2 Å². The third-order valence-corrected chi connectivity index (χ3v) is 3.38. The predicted molar refractivity (Wildman–Crippen MR) is 81.1 cm³/mol. The maximum absolute atomic E-state index is 5.33. The number of nitrogens with zero attached hydrogens (tertiary/aromatic N) is 2. The second-order valence-electron chi connectivity index (χ2n) is 5.03. The number of methoxy groups -OCH3 is 1. The van der Waals surface area contributed by atoms with Crippen molar-refractivity contribution in [2.24, 2.45) is 7.05 Å². The lowest BCUT2D eigenvalue weighted by Crippen LogP contribution is -2.23. The summed E-state index contributed by atoms with van der Waals surface area (Å²) in [6.45, 7) is 5.20. The van der Waals surface area contributed by atoms with E-state index in [0.29, 0.717) is 0 Å². The van der Waals surface area contributed by atoms with Gasteiger partial charge in [-0.15, -0.1) is 0 Å². The molecule has 0 bridgehead atoms. The predicted octanol–water partition coefficient (Wildman–Crippen LogP) is 2.83. The van der Waals surface area contributed by atoms with E-state index < -0.39 is 0 Å². The molecule has 0 spiro atoms. The summed E-state index contributed by atoms with van der Waals surface area (Å²) in [6.07, 6.45) is 3.07. The number of rotatable bonds is 6. The highest BCUT2D eigenvalue weighted by Crippen LogP contribution is 2.26. The quantitative estimate of drug-likeness (QED) is 0.879. The van der Waals surface area contributed by atoms with Gasteiger partial charge in [-0.25, -0.2) is 0 Å². The second-order valence-corrected chi connectivity index (χ2v) is 5.03. The van der Waals surface area contributed by atoms with Crippen molar-refractivity contribution in [1.29, 1.82) is 0 Å². The van der Waals surface area contributed by atoms with E-state index in [2.05, 4.69) is 42.5 Å². The first-order valence-corrected chi connectivity index (χ1v) is 7.03. The third-order valence-electron chi connectivity index (χ3n) is 3.38. The van der Waals surface area contributed by atoms with Gasteiger partial charge in [0.05, 0.1) is 18.8 Å². The Morgan fingerprint density at radius 2 is 2.15 bits per heavy atom. The number of aryl methyl sites for hydroxylation is 2. The van der Waals surface area contributed by atoms with Crippen molar-refractivity contribution in [3.8, 4) is 5.75 Å². The first kappa shape index (κ1) is 14.6. The molecule has 0 fully saturated rings. The van der Waals surface area contributed by atoms with Gasteiger partial charge < -0.3 is 10.1 Å². The van der Waals surface area contributed by atoms with E-state index in [1.54, 1.807) is 7.11 Å². The van der Waals surface area contributed by atoms with Gasteiger partial charge in [-0.3, -0.25) is 4.68 Å². The summed E-state index contributed by atoms with van der Waals surface area (Å²) in [7, 11) is 3.65. The summed E-state index contributed by atoms with van der Waals surface area (Å²) in [5, 5.41) is 8.10. The van der Waals surface area contributed by atoms with Crippen molar-refractivity contribution >= 4 is 0 Å². The molecular formula is C16H23N3O. The van der Waals surface area contributed by atoms with Crippen LogP contribution in [0.3, 0.4) is 0 Å². The number of aromatic nitrogens is 2. The lowest BCUT2D eigenvalue weighted by atomic mass is 10.0. The van der Waals surface area contributed by atoms with Crippen LogP contribution in [-0.2, 0) is 7.05 Å². The minimum Gasteiger partial charge on any atom is -0.496 e. The summed E-state index contributed by atoms with van der Waals surface area (Å²) >= 11 is 0. The fourth-order valence-corrected chi connectivity index (χ4v) is 2.35. The molecule has 4 heteroatoms. The second kappa shape index (κ2) is 6.57. The fourth-order valence-electron chi connectivity index (χ4n) is 2.35. The Balaban J connectivity index is 2.33. The van der Waals surface area contributed by atoms with Crippen molar-refractivity contribution in [3.63, 3.8) is 0 Å². The Morgan fingerprint density at radius 1 is 1.35 bits per heavy atom. The lowest BCUT2D eigenvalue weighted by molar-refractivity contribution is 0.411. The summed E-state index contributed by atoms with van der Waals surface area (Å²) in [4.78, 5) is 0. The number of hydrogen-bond donors (Lipinski definition) is 1. The molecule has 0 amide bonds. The molecular weight excluding hydrogens is 250 g/mol. The van der Waals surface area contributed by atoms with Gasteiger partial charge in [0.15, 0.2) is 0 Å². The van der Waals surface area contributed by atoms with Crippen LogP contribution in [0, 0.1) is 6.92 Å². The SMILES string of the molecule is CCCNC(c1ccc(OC)c(C)c1)c1ccn(C)n1. The summed E-state index contributed by atoms with van der Waals surface area (Å²) in [5.74, 6) is 0.920. The monoisotopic (exact) mass is 273 g/mol. The van der Waals surface area contributed by atoms with E-state index in [9.17, 15) is 0 Å². The van der Waals surface area contributed by atoms with Gasteiger partial charge >= 0.3 is 0 Å². The van der Waals surface area contributed by atoms with E-state index in [0.717, 1.165) is 30.0 Å². The van der Waals surface area contributed by atoms with Gasteiger partial charge in [-0.1, -0.05) is 19.1 Å². The number of nitrogens with one attached hydrogen (secondary N) is 1. The summed E-state index contributed by atoms with van der Waals surface area (Å²) in [5.41, 5.74) is 3.41. The molecule has 1 atom stereocenters. The van der Waals surface area contributed by atoms with Crippen LogP contribution in [0.25, 0.3) is 0 Å². The molecule has 0 aliphatic heterocycles. The van der Waals surface area contributed by atoms with Crippen LogP contribution in [0.15, 0.2) is 30.5 Å². The number of benzene rings is 1. The maximum atomic E-state index is 5.33. The normalized spacial score (nSPS) is 12.4. The zero-order valence-corrected chi connectivity index (χ0v) is 12.7. The summed E-state index contributed by atoms with van der Waals surface area (Å²) in [6, 6.07) is 8.48. The highest BCUT2D eigenvalue weighted by molar-refractivity contribution is 5.39. The van der Waals surface area contributed by atoms with E-state index in [-0.39, 0.29) is 6.04 Å². The molecule has 0 saturated carbocycles. The van der Waals surface area contributed by atoms with E-state index >= 15 is 0 Å². The molecule has 1 heterocycles. The Kier molecular flexibility index (Phi) is 4.79. The lowest BCUT2D eigenvalue weighted by Gasteiger charge is -2.18. The smallest absolute Gasteiger partial charge is 0.121 e. The standard InChI is InChI=1S/C16H23N3O/c1-5-9-17-16(14-8-10-19(3)18-14)13-6-7-15(20-4)12(2)11-13/h6-8,10-11,16-17H,5,9H2,1-4H3. The van der Waals surface area contributed by atoms with Crippen molar-refractivity contribution < 1.29 is 4.74 Å². The molecule has 0 radical (unpaired) electrons. The molecule has 2 rings (SSSR count). The minimum atomic E-state index is 0.126. The Morgan fingerprint density at radius 3 is 2.70 bits per heavy atom. The average Bonchev–Trinajstić information content (AvgIpc) is 2.86. The van der Waals surface area contributed by atoms with Gasteiger partial charge in [0.25, 0.3) is 0 Å². The van der Waals surface area contributed by atoms with Crippen LogP contribution in [0.5, 0.6) is 5.75 Å². The fraction of sp³-hybridized carbons (Fsp3) is 0.438. The van der Waals surface area contributed by atoms with Crippen LogP contribution in [-0.4, -0.2) is 23.4 Å². The average molecular weight is 273 g/mol. The van der Waals surface area contributed by atoms with Crippen molar-refractivity contribution in [1.82, 2.24) is 15.1 Å². The number of hydrogen-bond acceptors (Lipinski definition) is 3. The van der Waals surface area contributed by atoms with Crippen LogP contribution in [0.4, 0.5) is 0 Å². The van der Waals surface area contributed by atoms with Gasteiger partial charge in [0.1, 0.15) is 5.75 Å². The van der Waals surface area contributed by atoms with Crippen LogP contribution in [0.2, 0.25) is 0 Å². The first-order valence-electron chi connectivity index (χ1n) is 7.03. The number of ether oxygens (including phenoxy) is 1. The van der Waals surface area contributed by atoms with Gasteiger partial charge in [0.2, 0.25) is 0 Å². The van der Waals surface area contributed by atoms with E-state index in [1.807, 2.05) is 24.0 Å². The molecule has 4 nitrogen and oxygen atoms in total. The molecule has 108 valence electrons. The minimum absolute atomic E-state index is 0.126. The third kappa shape index (κ3) is 3.20. The molecule has 0 aliphatic rings. The van der Waals surface area contributed by atoms with E-state index in [4.69, 9.17) is 4.74 Å². The highest BCUT2D eigenvalue weighted by Gasteiger charge is 2.16.